The Bertz CT molecular complexity index is 877. The van der Waals surface area contributed by atoms with Gasteiger partial charge in [0.05, 0.1) is 23.7 Å². The number of nitrogens with one attached hydrogen (secondary N) is 4. The van der Waals surface area contributed by atoms with Crippen LogP contribution >= 0.6 is 9.24 Å². The molecule has 0 bridgehead atoms. The number of alkyl halides is 1. The van der Waals surface area contributed by atoms with Crippen molar-refractivity contribution in [3.63, 3.8) is 0 Å². The molecule has 8 nitrogen and oxygen atoms in total. The quantitative estimate of drug-likeness (QED) is 0.182. The number of allylic oxidation sites excluding steroid dienone is 1. The predicted molar refractivity (Wildman–Crippen MR) is 123 cm³/mol. The third-order valence-corrected chi connectivity index (χ3v) is 5.58. The topological polar surface area (TPSA) is 102 Å². The molecule has 0 radical (unpaired) electrons. The van der Waals surface area contributed by atoms with E-state index in [1.165, 1.54) is 23.3 Å². The highest BCUT2D eigenvalue weighted by Gasteiger charge is 2.42. The second-order valence-corrected chi connectivity index (χ2v) is 8.48. The summed E-state index contributed by atoms with van der Waals surface area (Å²) in [6.07, 6.45) is 4.43. The molecule has 2 fully saturated rings. The van der Waals surface area contributed by atoms with Gasteiger partial charge in [0.1, 0.15) is 42.3 Å². The molecule has 0 spiro atoms. The number of likely N-dealkylation sites (N-methyl/N-ethyl adjacent to an activating group) is 1. The molecule has 1 saturated heterocycles. The summed E-state index contributed by atoms with van der Waals surface area (Å²) < 4.78 is 38.9. The molecule has 2 unspecified atom stereocenters. The first-order valence-electron chi connectivity index (χ1n) is 10.4. The standard InChI is InChI=1S/C21H30F2N5O3P/c1-25-21(4-5-21)13-31-18-3-2-15(22)8-17(18)26-6-7-30-16(9-19(23)32)11-28-20(24)14(12-29)10-27-28/h2-3,8,11-12,19,24-27,29H,4-7,9-10,13,32H2,1H3/b14-12?,16-11+,24-20?. The third-order valence-electron chi connectivity index (χ3n) is 5.34. The van der Waals surface area contributed by atoms with Crippen LogP contribution in [0, 0.1) is 11.2 Å². The summed E-state index contributed by atoms with van der Waals surface area (Å²) in [5, 5.41) is 24.8. The Morgan fingerprint density at radius 3 is 2.88 bits per heavy atom. The van der Waals surface area contributed by atoms with E-state index in [0.717, 1.165) is 19.1 Å². The minimum atomic E-state index is -1.22. The minimum Gasteiger partial charge on any atom is -0.515 e. The maximum Gasteiger partial charge on any atom is 0.147 e. The molecule has 5 N–H and O–H groups in total. The summed E-state index contributed by atoms with van der Waals surface area (Å²) in [5.41, 5.74) is 3.82. The maximum absolute atomic E-state index is 13.8. The monoisotopic (exact) mass is 469 g/mol. The van der Waals surface area contributed by atoms with Crippen LogP contribution in [0.3, 0.4) is 0 Å². The highest BCUT2D eigenvalue weighted by Crippen LogP contribution is 2.36. The lowest BCUT2D eigenvalue weighted by Gasteiger charge is -2.19. The smallest absolute Gasteiger partial charge is 0.147 e. The van der Waals surface area contributed by atoms with Gasteiger partial charge >= 0.3 is 0 Å². The van der Waals surface area contributed by atoms with Crippen molar-refractivity contribution in [1.82, 2.24) is 15.8 Å². The van der Waals surface area contributed by atoms with Crippen LogP contribution < -0.4 is 20.8 Å². The molecule has 1 heterocycles. The number of aliphatic hydroxyl groups excluding tert-OH is 1. The Kier molecular flexibility index (Phi) is 8.28. The summed E-state index contributed by atoms with van der Waals surface area (Å²) in [6.45, 7) is 1.30. The number of hydrazine groups is 1. The Morgan fingerprint density at radius 1 is 1.47 bits per heavy atom. The molecular weight excluding hydrogens is 439 g/mol. The van der Waals surface area contributed by atoms with E-state index in [4.69, 9.17) is 20.0 Å². The van der Waals surface area contributed by atoms with Gasteiger partial charge in [0.15, 0.2) is 0 Å². The maximum atomic E-state index is 13.8. The molecule has 2 atom stereocenters. The Hall–Kier alpha value is -2.42. The van der Waals surface area contributed by atoms with Crippen molar-refractivity contribution in [2.24, 2.45) is 0 Å². The first-order valence-corrected chi connectivity index (χ1v) is 11.1. The molecule has 0 aromatic heterocycles. The summed E-state index contributed by atoms with van der Waals surface area (Å²) in [4.78, 5) is 0. The molecule has 1 aromatic rings. The number of halogens is 2. The van der Waals surface area contributed by atoms with Crippen molar-refractivity contribution in [3.05, 3.63) is 47.8 Å². The lowest BCUT2D eigenvalue weighted by molar-refractivity contribution is 0.196. The van der Waals surface area contributed by atoms with Crippen LogP contribution in [0.5, 0.6) is 5.75 Å². The Labute approximate surface area is 188 Å². The molecule has 0 amide bonds. The first-order chi connectivity index (χ1) is 15.4. The Balaban J connectivity index is 1.55. The molecule has 3 rings (SSSR count). The van der Waals surface area contributed by atoms with Gasteiger partial charge in [-0.2, -0.15) is 0 Å². The molecule has 32 heavy (non-hydrogen) atoms. The fourth-order valence-corrected chi connectivity index (χ4v) is 3.39. The number of rotatable bonds is 12. The summed E-state index contributed by atoms with van der Waals surface area (Å²) in [7, 11) is 3.96. The molecule has 1 aliphatic heterocycles. The second-order valence-electron chi connectivity index (χ2n) is 7.76. The lowest BCUT2D eigenvalue weighted by Crippen LogP contribution is -2.34. The molecular formula is C21H30F2N5O3P. The van der Waals surface area contributed by atoms with Crippen molar-refractivity contribution < 1.29 is 23.4 Å². The molecule has 2 aliphatic rings. The molecule has 1 saturated carbocycles. The number of ether oxygens (including phenoxy) is 2. The average Bonchev–Trinajstić information content (AvgIpc) is 3.47. The van der Waals surface area contributed by atoms with Gasteiger partial charge in [0.2, 0.25) is 0 Å². The zero-order valence-corrected chi connectivity index (χ0v) is 19.1. The molecule has 11 heteroatoms. The van der Waals surface area contributed by atoms with Crippen molar-refractivity contribution in [2.45, 2.75) is 30.7 Å². The van der Waals surface area contributed by atoms with Gasteiger partial charge in [0.25, 0.3) is 0 Å². The van der Waals surface area contributed by atoms with Gasteiger partial charge < -0.3 is 25.2 Å². The van der Waals surface area contributed by atoms with E-state index in [-0.39, 0.29) is 36.8 Å². The predicted octanol–water partition coefficient (Wildman–Crippen LogP) is 3.03. The molecule has 1 aliphatic carbocycles. The largest absolute Gasteiger partial charge is 0.515 e. The van der Waals surface area contributed by atoms with Crippen molar-refractivity contribution in [1.29, 1.82) is 5.41 Å². The first kappa shape index (κ1) is 24.2. The lowest BCUT2D eigenvalue weighted by atomic mass is 10.2. The van der Waals surface area contributed by atoms with Gasteiger partial charge in [-0.25, -0.2) is 14.2 Å². The second kappa shape index (κ2) is 10.9. The van der Waals surface area contributed by atoms with E-state index in [2.05, 4.69) is 25.3 Å². The van der Waals surface area contributed by atoms with Gasteiger partial charge in [-0.15, -0.1) is 9.24 Å². The zero-order valence-electron chi connectivity index (χ0n) is 18.0. The zero-order chi connectivity index (χ0) is 23.1. The fourth-order valence-electron chi connectivity index (χ4n) is 3.16. The van der Waals surface area contributed by atoms with Crippen molar-refractivity contribution in [3.8, 4) is 5.75 Å². The van der Waals surface area contributed by atoms with E-state index in [0.29, 0.717) is 35.9 Å². The van der Waals surface area contributed by atoms with Crippen LogP contribution in [0.2, 0.25) is 0 Å². The number of anilines is 1. The molecule has 1 aromatic carbocycles. The van der Waals surface area contributed by atoms with Crippen LogP contribution in [-0.4, -0.2) is 60.8 Å². The van der Waals surface area contributed by atoms with E-state index in [9.17, 15) is 8.78 Å². The highest BCUT2D eigenvalue weighted by molar-refractivity contribution is 7.17. The van der Waals surface area contributed by atoms with E-state index in [1.807, 2.05) is 7.05 Å². The van der Waals surface area contributed by atoms with Gasteiger partial charge in [-0.05, 0) is 32.0 Å². The van der Waals surface area contributed by atoms with Crippen molar-refractivity contribution >= 4 is 20.8 Å². The number of aliphatic hydroxyl groups is 1. The molecule has 176 valence electrons. The van der Waals surface area contributed by atoms with Crippen LogP contribution in [0.4, 0.5) is 14.5 Å². The number of hydrogen-bond acceptors (Lipinski definition) is 7. The normalized spacial score (nSPS) is 19.9. The van der Waals surface area contributed by atoms with Gasteiger partial charge in [-0.1, -0.05) is 0 Å². The SMILES string of the molecule is CNC1(COc2ccc(F)cc2NCCO/C(=C/N2NCC(=CO)C2=N)CC(F)P)CC1. The van der Waals surface area contributed by atoms with Crippen LogP contribution in [-0.2, 0) is 4.74 Å². The Morgan fingerprint density at radius 2 is 2.25 bits per heavy atom. The number of amidine groups is 1. The van der Waals surface area contributed by atoms with E-state index >= 15 is 0 Å². The van der Waals surface area contributed by atoms with Crippen LogP contribution in [0.1, 0.15) is 19.3 Å². The number of benzene rings is 1. The third kappa shape index (κ3) is 6.54. The van der Waals surface area contributed by atoms with E-state index in [1.54, 1.807) is 6.07 Å². The number of nitrogens with zero attached hydrogens (tertiary/aromatic N) is 1. The summed E-state index contributed by atoms with van der Waals surface area (Å²) in [5.74, 6) is -0.668. The van der Waals surface area contributed by atoms with Gasteiger partial charge in [-0.3, -0.25) is 10.4 Å². The minimum absolute atomic E-state index is 0.00204. The average molecular weight is 469 g/mol. The van der Waals surface area contributed by atoms with Gasteiger partial charge in [0, 0.05) is 31.1 Å². The van der Waals surface area contributed by atoms with Crippen LogP contribution in [0.15, 0.2) is 42.0 Å². The highest BCUT2D eigenvalue weighted by atomic mass is 31.0. The summed E-state index contributed by atoms with van der Waals surface area (Å²) in [6, 6.07) is 4.31. The van der Waals surface area contributed by atoms with Crippen molar-refractivity contribution in [2.75, 3.05) is 38.7 Å². The fraction of sp³-hybridized carbons (Fsp3) is 0.476. The number of hydrogen-bond donors (Lipinski definition) is 5. The van der Waals surface area contributed by atoms with E-state index < -0.39 is 5.91 Å². The van der Waals surface area contributed by atoms with Crippen LogP contribution in [0.25, 0.3) is 0 Å². The summed E-state index contributed by atoms with van der Waals surface area (Å²) >= 11 is 0.